The van der Waals surface area contributed by atoms with Crippen LogP contribution in [0.25, 0.3) is 0 Å². The second-order valence-corrected chi connectivity index (χ2v) is 7.94. The minimum absolute atomic E-state index is 0.121. The van der Waals surface area contributed by atoms with E-state index in [1.165, 1.54) is 41.0 Å². The molecule has 1 saturated heterocycles. The summed E-state index contributed by atoms with van der Waals surface area (Å²) in [5, 5.41) is 2.54. The number of benzene rings is 1. The molecule has 1 fully saturated rings. The SMILES string of the molecule is O=C(COC(=O)c1ccncc1)Nc1cccc(S(=O)(=O)N2CCCC2)c1. The Morgan fingerprint density at radius 2 is 1.81 bits per heavy atom. The maximum Gasteiger partial charge on any atom is 0.338 e. The molecule has 1 amide bonds. The molecule has 3 rings (SSSR count). The first-order chi connectivity index (χ1) is 13.0. The molecule has 0 unspecified atom stereocenters. The van der Waals surface area contributed by atoms with Crippen LogP contribution >= 0.6 is 0 Å². The molecule has 142 valence electrons. The fraction of sp³-hybridized carbons (Fsp3) is 0.278. The van der Waals surface area contributed by atoms with Crippen molar-refractivity contribution in [2.24, 2.45) is 0 Å². The van der Waals surface area contributed by atoms with Gasteiger partial charge in [0.1, 0.15) is 0 Å². The lowest BCUT2D eigenvalue weighted by Gasteiger charge is -2.16. The van der Waals surface area contributed by atoms with Gasteiger partial charge in [-0.05, 0) is 43.2 Å². The van der Waals surface area contributed by atoms with Gasteiger partial charge in [0.05, 0.1) is 10.5 Å². The number of hydrogen-bond donors (Lipinski definition) is 1. The molecule has 0 spiro atoms. The van der Waals surface area contributed by atoms with Crippen molar-refractivity contribution in [2.45, 2.75) is 17.7 Å². The van der Waals surface area contributed by atoms with Crippen LogP contribution < -0.4 is 5.32 Å². The molecule has 1 aromatic heterocycles. The maximum atomic E-state index is 12.6. The van der Waals surface area contributed by atoms with Crippen LogP contribution in [0.5, 0.6) is 0 Å². The highest BCUT2D eigenvalue weighted by Crippen LogP contribution is 2.23. The molecule has 0 aliphatic carbocycles. The van der Waals surface area contributed by atoms with Crippen molar-refractivity contribution >= 4 is 27.6 Å². The summed E-state index contributed by atoms with van der Waals surface area (Å²) in [4.78, 5) is 27.7. The Morgan fingerprint density at radius 3 is 2.52 bits per heavy atom. The number of aromatic nitrogens is 1. The zero-order valence-electron chi connectivity index (χ0n) is 14.5. The number of sulfonamides is 1. The highest BCUT2D eigenvalue weighted by Gasteiger charge is 2.27. The molecule has 0 atom stereocenters. The van der Waals surface area contributed by atoms with Crippen molar-refractivity contribution in [1.82, 2.24) is 9.29 Å². The van der Waals surface area contributed by atoms with Gasteiger partial charge in [-0.2, -0.15) is 4.31 Å². The molecule has 8 nitrogen and oxygen atoms in total. The molecule has 0 saturated carbocycles. The van der Waals surface area contributed by atoms with Crippen LogP contribution in [0.3, 0.4) is 0 Å². The number of carbonyl (C=O) groups is 2. The Balaban J connectivity index is 1.61. The number of pyridine rings is 1. The molecule has 1 N–H and O–H groups in total. The average Bonchev–Trinajstić information content (AvgIpc) is 3.23. The molecule has 27 heavy (non-hydrogen) atoms. The van der Waals surface area contributed by atoms with Gasteiger partial charge in [-0.15, -0.1) is 0 Å². The standard InChI is InChI=1S/C18H19N3O5S/c22-17(13-26-18(23)14-6-8-19-9-7-14)20-15-4-3-5-16(12-15)27(24,25)21-10-1-2-11-21/h3-9,12H,1-2,10-11,13H2,(H,20,22). The van der Waals surface area contributed by atoms with Gasteiger partial charge >= 0.3 is 5.97 Å². The molecular weight excluding hydrogens is 370 g/mol. The number of carbonyl (C=O) groups excluding carboxylic acids is 2. The second-order valence-electron chi connectivity index (χ2n) is 6.00. The van der Waals surface area contributed by atoms with E-state index in [1.807, 2.05) is 0 Å². The molecule has 1 aliphatic rings. The Labute approximate surface area is 157 Å². The van der Waals surface area contributed by atoms with Crippen molar-refractivity contribution in [3.63, 3.8) is 0 Å². The summed E-state index contributed by atoms with van der Waals surface area (Å²) in [6.45, 7) is 0.526. The average molecular weight is 389 g/mol. The number of anilines is 1. The molecule has 2 aromatic rings. The normalized spacial score (nSPS) is 14.7. The number of amides is 1. The molecule has 1 aliphatic heterocycles. The minimum Gasteiger partial charge on any atom is -0.452 e. The molecular formula is C18H19N3O5S. The van der Waals surface area contributed by atoms with Crippen LogP contribution in [0.2, 0.25) is 0 Å². The number of rotatable bonds is 6. The van der Waals surface area contributed by atoms with Gasteiger partial charge in [-0.25, -0.2) is 13.2 Å². The minimum atomic E-state index is -3.57. The molecule has 1 aromatic carbocycles. The van der Waals surface area contributed by atoms with Gasteiger partial charge in [0.2, 0.25) is 10.0 Å². The van der Waals surface area contributed by atoms with E-state index < -0.39 is 28.5 Å². The molecule has 2 heterocycles. The number of nitrogens with one attached hydrogen (secondary N) is 1. The summed E-state index contributed by atoms with van der Waals surface area (Å²) in [5.74, 6) is -1.20. The van der Waals surface area contributed by atoms with Gasteiger partial charge in [0.25, 0.3) is 5.91 Å². The predicted octanol–water partition coefficient (Wildman–Crippen LogP) is 1.66. The quantitative estimate of drug-likeness (QED) is 0.753. The van der Waals surface area contributed by atoms with Crippen molar-refractivity contribution in [3.05, 3.63) is 54.4 Å². The van der Waals surface area contributed by atoms with Crippen LogP contribution in [0.1, 0.15) is 23.2 Å². The summed E-state index contributed by atoms with van der Waals surface area (Å²) in [7, 11) is -3.57. The highest BCUT2D eigenvalue weighted by atomic mass is 32.2. The molecule has 0 bridgehead atoms. The van der Waals surface area contributed by atoms with Crippen molar-refractivity contribution < 1.29 is 22.7 Å². The summed E-state index contributed by atoms with van der Waals surface area (Å²) < 4.78 is 31.5. The fourth-order valence-corrected chi connectivity index (χ4v) is 4.27. The third-order valence-corrected chi connectivity index (χ3v) is 5.97. The van der Waals surface area contributed by atoms with Crippen molar-refractivity contribution in [2.75, 3.05) is 25.0 Å². The van der Waals surface area contributed by atoms with Gasteiger partial charge < -0.3 is 10.1 Å². The number of esters is 1. The smallest absolute Gasteiger partial charge is 0.338 e. The van der Waals surface area contributed by atoms with Crippen molar-refractivity contribution in [3.8, 4) is 0 Å². The lowest BCUT2D eigenvalue weighted by atomic mass is 10.3. The van der Waals surface area contributed by atoms with Gasteiger partial charge in [0.15, 0.2) is 6.61 Å². The largest absolute Gasteiger partial charge is 0.452 e. The first-order valence-electron chi connectivity index (χ1n) is 8.44. The van der Waals surface area contributed by atoms with Crippen LogP contribution in [-0.4, -0.2) is 49.3 Å². The first-order valence-corrected chi connectivity index (χ1v) is 9.88. The van der Waals surface area contributed by atoms with Crippen LogP contribution in [0.4, 0.5) is 5.69 Å². The lowest BCUT2D eigenvalue weighted by Crippen LogP contribution is -2.28. The Bertz CT molecular complexity index is 925. The monoisotopic (exact) mass is 389 g/mol. The van der Waals surface area contributed by atoms with Crippen LogP contribution in [0.15, 0.2) is 53.7 Å². The van der Waals surface area contributed by atoms with E-state index >= 15 is 0 Å². The van der Waals surface area contributed by atoms with E-state index in [9.17, 15) is 18.0 Å². The summed E-state index contributed by atoms with van der Waals surface area (Å²) >= 11 is 0. The number of ether oxygens (including phenoxy) is 1. The number of nitrogens with zero attached hydrogens (tertiary/aromatic N) is 2. The van der Waals surface area contributed by atoms with Crippen LogP contribution in [-0.2, 0) is 19.6 Å². The van der Waals surface area contributed by atoms with E-state index in [0.717, 1.165) is 12.8 Å². The third kappa shape index (κ3) is 4.69. The first kappa shape index (κ1) is 19.0. The van der Waals surface area contributed by atoms with Gasteiger partial charge in [0, 0.05) is 31.2 Å². The third-order valence-electron chi connectivity index (χ3n) is 4.07. The lowest BCUT2D eigenvalue weighted by molar-refractivity contribution is -0.119. The summed E-state index contributed by atoms with van der Waals surface area (Å²) in [6, 6.07) is 8.98. The zero-order valence-corrected chi connectivity index (χ0v) is 15.3. The summed E-state index contributed by atoms with van der Waals surface area (Å²) in [5.41, 5.74) is 0.608. The van der Waals surface area contributed by atoms with E-state index in [2.05, 4.69) is 10.3 Å². The van der Waals surface area contributed by atoms with E-state index in [0.29, 0.717) is 18.8 Å². The Hall–Kier alpha value is -2.78. The van der Waals surface area contributed by atoms with Gasteiger partial charge in [-0.3, -0.25) is 9.78 Å². The maximum absolute atomic E-state index is 12.6. The molecule has 9 heteroatoms. The Morgan fingerprint density at radius 1 is 1.11 bits per heavy atom. The van der Waals surface area contributed by atoms with Crippen molar-refractivity contribution in [1.29, 1.82) is 0 Å². The second kappa shape index (κ2) is 8.28. The zero-order chi connectivity index (χ0) is 19.3. The Kier molecular flexibility index (Phi) is 5.82. The van der Waals surface area contributed by atoms with E-state index in [4.69, 9.17) is 4.74 Å². The fourth-order valence-electron chi connectivity index (χ4n) is 2.71. The number of hydrogen-bond acceptors (Lipinski definition) is 6. The van der Waals surface area contributed by atoms with E-state index in [-0.39, 0.29) is 10.5 Å². The van der Waals surface area contributed by atoms with E-state index in [1.54, 1.807) is 12.1 Å². The van der Waals surface area contributed by atoms with Crippen LogP contribution in [0, 0.1) is 0 Å². The topological polar surface area (TPSA) is 106 Å². The summed E-state index contributed by atoms with van der Waals surface area (Å²) in [6.07, 6.45) is 4.59. The van der Waals surface area contributed by atoms with Gasteiger partial charge in [-0.1, -0.05) is 6.07 Å². The highest BCUT2D eigenvalue weighted by molar-refractivity contribution is 7.89. The molecule has 0 radical (unpaired) electrons. The predicted molar refractivity (Wildman–Crippen MR) is 97.6 cm³/mol.